The third kappa shape index (κ3) is 4.56. The van der Waals surface area contributed by atoms with Crippen molar-refractivity contribution in [3.8, 4) is 0 Å². The predicted octanol–water partition coefficient (Wildman–Crippen LogP) is 3.60. The lowest BCUT2D eigenvalue weighted by Gasteiger charge is -2.29. The van der Waals surface area contributed by atoms with E-state index in [1.54, 1.807) is 36.4 Å². The first-order valence-electron chi connectivity index (χ1n) is 9.79. The van der Waals surface area contributed by atoms with E-state index < -0.39 is 27.9 Å². The van der Waals surface area contributed by atoms with Gasteiger partial charge in [-0.15, -0.1) is 0 Å². The molecule has 2 heterocycles. The number of sulfonamides is 1. The maximum atomic E-state index is 13.5. The molecule has 2 aromatic rings. The molecule has 0 saturated carbocycles. The van der Waals surface area contributed by atoms with Crippen LogP contribution < -0.4 is 4.90 Å². The molecule has 0 aliphatic carbocycles. The van der Waals surface area contributed by atoms with E-state index in [0.717, 1.165) is 20.1 Å². The lowest BCUT2D eigenvalue weighted by molar-refractivity contribution is -0.122. The Labute approximate surface area is 194 Å². The van der Waals surface area contributed by atoms with E-state index in [9.17, 15) is 18.0 Å². The van der Waals surface area contributed by atoms with Gasteiger partial charge >= 0.3 is 0 Å². The van der Waals surface area contributed by atoms with Crippen LogP contribution in [-0.4, -0.2) is 49.8 Å². The topological polar surface area (TPSA) is 84.0 Å². The smallest absolute Gasteiger partial charge is 0.252 e. The van der Waals surface area contributed by atoms with E-state index in [4.69, 9.17) is 16.3 Å². The Morgan fingerprint density at radius 1 is 1.10 bits per heavy atom. The van der Waals surface area contributed by atoms with E-state index in [2.05, 4.69) is 15.9 Å². The molecule has 0 aromatic heterocycles. The Morgan fingerprint density at radius 3 is 2.39 bits per heavy atom. The molecule has 2 atom stereocenters. The molecule has 2 aromatic carbocycles. The number of rotatable bonds is 6. The minimum absolute atomic E-state index is 0.0105. The Morgan fingerprint density at radius 2 is 1.77 bits per heavy atom. The highest BCUT2D eigenvalue weighted by atomic mass is 79.9. The van der Waals surface area contributed by atoms with Gasteiger partial charge < -0.3 is 4.74 Å². The van der Waals surface area contributed by atoms with Crippen molar-refractivity contribution in [2.24, 2.45) is 0 Å². The fourth-order valence-electron chi connectivity index (χ4n) is 3.83. The molecule has 2 aliphatic rings. The molecule has 2 fully saturated rings. The number of carbonyl (C=O) groups excluding carboxylic acids is 2. The highest BCUT2D eigenvalue weighted by molar-refractivity contribution is 9.10. The summed E-state index contributed by atoms with van der Waals surface area (Å²) in [5, 5.41) is 0.470. The molecule has 4 rings (SSSR count). The van der Waals surface area contributed by atoms with Crippen molar-refractivity contribution in [2.75, 3.05) is 18.1 Å². The number of amides is 2. The number of ether oxygens (including phenoxy) is 1. The number of benzene rings is 2. The lowest BCUT2D eigenvalue weighted by atomic mass is 10.2. The molecule has 31 heavy (non-hydrogen) atoms. The van der Waals surface area contributed by atoms with Crippen LogP contribution in [0.25, 0.3) is 0 Å². The molecule has 0 spiro atoms. The second-order valence-corrected chi connectivity index (χ2v) is 10.7. The average Bonchev–Trinajstić information content (AvgIpc) is 3.35. The first-order valence-corrected chi connectivity index (χ1v) is 12.4. The second-order valence-electron chi connectivity index (χ2n) is 7.43. The van der Waals surface area contributed by atoms with E-state index in [1.807, 2.05) is 0 Å². The lowest BCUT2D eigenvalue weighted by Crippen LogP contribution is -2.48. The number of anilines is 1. The molecule has 2 saturated heterocycles. The summed E-state index contributed by atoms with van der Waals surface area (Å²) in [6.45, 7) is 0.557. The van der Waals surface area contributed by atoms with E-state index >= 15 is 0 Å². The Kier molecular flexibility index (Phi) is 6.50. The van der Waals surface area contributed by atoms with Crippen molar-refractivity contribution >= 4 is 55.1 Å². The summed E-state index contributed by atoms with van der Waals surface area (Å²) in [7, 11) is -4.05. The molecule has 0 N–H and O–H groups in total. The van der Waals surface area contributed by atoms with E-state index in [0.29, 0.717) is 23.7 Å². The van der Waals surface area contributed by atoms with Crippen LogP contribution in [0.2, 0.25) is 5.02 Å². The van der Waals surface area contributed by atoms with Gasteiger partial charge in [-0.3, -0.25) is 9.59 Å². The first kappa shape index (κ1) is 22.4. The van der Waals surface area contributed by atoms with Crippen LogP contribution in [0.1, 0.15) is 19.3 Å². The zero-order valence-corrected chi connectivity index (χ0v) is 19.6. The fourth-order valence-corrected chi connectivity index (χ4v) is 5.83. The Balaban J connectivity index is 1.69. The molecule has 0 radical (unpaired) electrons. The van der Waals surface area contributed by atoms with Crippen LogP contribution in [-0.2, 0) is 24.3 Å². The Hall–Kier alpha value is -1.78. The molecule has 7 nitrogen and oxygen atoms in total. The van der Waals surface area contributed by atoms with Gasteiger partial charge in [-0.05, 0) is 61.4 Å². The number of hydrogen-bond acceptors (Lipinski definition) is 5. The molecule has 0 bridgehead atoms. The Bertz CT molecular complexity index is 1090. The number of carbonyl (C=O) groups is 2. The van der Waals surface area contributed by atoms with Gasteiger partial charge in [0.25, 0.3) is 5.91 Å². The summed E-state index contributed by atoms with van der Waals surface area (Å²) in [5.41, 5.74) is 0.361. The number of imide groups is 1. The standard InChI is InChI=1S/C21H20BrClN2O5S/c22-14-3-9-18(10-4-14)31(28,29)24(13-17-2-1-11-30-17)19-12-20(26)25(21(19)27)16-7-5-15(23)6-8-16/h3-10,17,19H,1-2,11-13H2. The molecule has 2 amide bonds. The largest absolute Gasteiger partial charge is 0.377 e. The SMILES string of the molecule is O=C1CC(N(CC2CCCO2)S(=O)(=O)c2ccc(Br)cc2)C(=O)N1c1ccc(Cl)cc1. The number of halogens is 2. The van der Waals surface area contributed by atoms with Crippen molar-refractivity contribution < 1.29 is 22.7 Å². The van der Waals surface area contributed by atoms with Crippen LogP contribution >= 0.6 is 27.5 Å². The predicted molar refractivity (Wildman–Crippen MR) is 119 cm³/mol. The maximum Gasteiger partial charge on any atom is 0.252 e. The quantitative estimate of drug-likeness (QED) is 0.536. The third-order valence-electron chi connectivity index (χ3n) is 5.38. The zero-order chi connectivity index (χ0) is 22.2. The van der Waals surface area contributed by atoms with Crippen molar-refractivity contribution in [2.45, 2.75) is 36.3 Å². The summed E-state index contributed by atoms with van der Waals surface area (Å²) >= 11 is 9.21. The maximum absolute atomic E-state index is 13.5. The summed E-state index contributed by atoms with van der Waals surface area (Å²) < 4.78 is 34.5. The van der Waals surface area contributed by atoms with E-state index in [1.165, 1.54) is 12.1 Å². The molecule has 10 heteroatoms. The third-order valence-corrected chi connectivity index (χ3v) is 8.05. The highest BCUT2D eigenvalue weighted by Crippen LogP contribution is 2.31. The van der Waals surface area contributed by atoms with Crippen molar-refractivity contribution in [3.05, 3.63) is 58.0 Å². The van der Waals surface area contributed by atoms with Gasteiger partial charge in [0.15, 0.2) is 0 Å². The zero-order valence-electron chi connectivity index (χ0n) is 16.4. The van der Waals surface area contributed by atoms with Gasteiger partial charge in [-0.25, -0.2) is 13.3 Å². The summed E-state index contributed by atoms with van der Waals surface area (Å²) in [6.07, 6.45) is 0.967. The average molecular weight is 528 g/mol. The number of nitrogens with zero attached hydrogens (tertiary/aromatic N) is 2. The van der Waals surface area contributed by atoms with Crippen LogP contribution in [0.15, 0.2) is 57.9 Å². The van der Waals surface area contributed by atoms with Gasteiger partial charge in [0.1, 0.15) is 6.04 Å². The van der Waals surface area contributed by atoms with Crippen LogP contribution in [0.4, 0.5) is 5.69 Å². The molecular formula is C21H20BrClN2O5S. The van der Waals surface area contributed by atoms with Crippen molar-refractivity contribution in [3.63, 3.8) is 0 Å². The molecule has 2 unspecified atom stereocenters. The first-order chi connectivity index (χ1) is 14.8. The van der Waals surface area contributed by atoms with Gasteiger partial charge in [0.05, 0.1) is 23.1 Å². The molecular weight excluding hydrogens is 508 g/mol. The van der Waals surface area contributed by atoms with Gasteiger partial charge in [-0.1, -0.05) is 27.5 Å². The van der Waals surface area contributed by atoms with Gasteiger partial charge in [-0.2, -0.15) is 4.31 Å². The highest BCUT2D eigenvalue weighted by Gasteiger charge is 2.47. The monoisotopic (exact) mass is 526 g/mol. The van der Waals surface area contributed by atoms with Gasteiger partial charge in [0.2, 0.25) is 15.9 Å². The second kappa shape index (κ2) is 8.99. The van der Waals surface area contributed by atoms with Crippen LogP contribution in [0, 0.1) is 0 Å². The summed E-state index contributed by atoms with van der Waals surface area (Å²) in [6, 6.07) is 11.3. The minimum Gasteiger partial charge on any atom is -0.377 e. The van der Waals surface area contributed by atoms with E-state index in [-0.39, 0.29) is 24.0 Å². The summed E-state index contributed by atoms with van der Waals surface area (Å²) in [5.74, 6) is -1.04. The van der Waals surface area contributed by atoms with Crippen LogP contribution in [0.5, 0.6) is 0 Å². The normalized spacial score (nSPS) is 22.0. The van der Waals surface area contributed by atoms with Crippen LogP contribution in [0.3, 0.4) is 0 Å². The fraction of sp³-hybridized carbons (Fsp3) is 0.333. The minimum atomic E-state index is -4.05. The van der Waals surface area contributed by atoms with Gasteiger partial charge in [0, 0.05) is 22.6 Å². The molecule has 2 aliphatic heterocycles. The van der Waals surface area contributed by atoms with Crippen molar-refractivity contribution in [1.82, 2.24) is 4.31 Å². The number of hydrogen-bond donors (Lipinski definition) is 0. The molecule has 164 valence electrons. The van der Waals surface area contributed by atoms with Crippen molar-refractivity contribution in [1.29, 1.82) is 0 Å². The summed E-state index contributed by atoms with van der Waals surface area (Å²) in [4.78, 5) is 27.1.